The Kier molecular flexibility index (Phi) is 5.31. The zero-order chi connectivity index (χ0) is 17.8. The highest BCUT2D eigenvalue weighted by Crippen LogP contribution is 2.22. The van der Waals surface area contributed by atoms with Gasteiger partial charge in [0.25, 0.3) is 5.91 Å². The first-order valence-electron chi connectivity index (χ1n) is 8.72. The zero-order valence-electron chi connectivity index (χ0n) is 15.1. The molecular formula is C18H25N5O2. The monoisotopic (exact) mass is 343 g/mol. The van der Waals surface area contributed by atoms with Gasteiger partial charge < -0.3 is 14.2 Å². The number of aryl methyl sites for hydroxylation is 1. The summed E-state index contributed by atoms with van der Waals surface area (Å²) in [6, 6.07) is 0. The van der Waals surface area contributed by atoms with Crippen LogP contribution in [-0.2, 0) is 6.42 Å². The Hall–Kier alpha value is -2.44. The third kappa shape index (κ3) is 4.35. The Balaban J connectivity index is 1.57. The van der Waals surface area contributed by atoms with Crippen LogP contribution in [0.5, 0.6) is 0 Å². The molecule has 1 unspecified atom stereocenters. The molecule has 2 aromatic rings. The molecule has 1 aliphatic heterocycles. The molecule has 0 saturated carbocycles. The average molecular weight is 343 g/mol. The Labute approximate surface area is 148 Å². The van der Waals surface area contributed by atoms with Crippen molar-refractivity contribution in [2.75, 3.05) is 32.1 Å². The van der Waals surface area contributed by atoms with Gasteiger partial charge in [-0.3, -0.25) is 9.78 Å². The summed E-state index contributed by atoms with van der Waals surface area (Å²) in [5, 5.41) is 0. The number of amides is 1. The number of rotatable bonds is 4. The maximum absolute atomic E-state index is 12.5. The Bertz CT molecular complexity index is 711. The van der Waals surface area contributed by atoms with E-state index in [1.165, 1.54) is 6.26 Å². The highest BCUT2D eigenvalue weighted by Gasteiger charge is 2.23. The fraction of sp³-hybridized carbons (Fsp3) is 0.556. The molecule has 1 amide bonds. The van der Waals surface area contributed by atoms with Gasteiger partial charge in [0.05, 0.1) is 18.1 Å². The van der Waals surface area contributed by atoms with Gasteiger partial charge in [0.15, 0.2) is 11.6 Å². The minimum Gasteiger partial charge on any atom is -0.448 e. The molecule has 0 radical (unpaired) electrons. The summed E-state index contributed by atoms with van der Waals surface area (Å²) < 4.78 is 5.16. The molecule has 0 aromatic carbocycles. The molecule has 1 aliphatic rings. The van der Waals surface area contributed by atoms with Crippen LogP contribution in [0.2, 0.25) is 0 Å². The van der Waals surface area contributed by atoms with Crippen LogP contribution in [0, 0.1) is 12.8 Å². The predicted octanol–water partition coefficient (Wildman–Crippen LogP) is 2.32. The Morgan fingerprint density at radius 1 is 1.28 bits per heavy atom. The number of carbonyl (C=O) groups excluding carboxylic acids is 1. The fourth-order valence-corrected chi connectivity index (χ4v) is 3.18. The zero-order valence-corrected chi connectivity index (χ0v) is 15.1. The van der Waals surface area contributed by atoms with E-state index in [1.807, 2.05) is 36.3 Å². The van der Waals surface area contributed by atoms with Gasteiger partial charge in [-0.2, -0.15) is 0 Å². The molecule has 134 valence electrons. The van der Waals surface area contributed by atoms with Crippen molar-refractivity contribution in [2.24, 2.45) is 5.92 Å². The molecule has 0 N–H and O–H groups in total. The smallest absolute Gasteiger partial charge is 0.275 e. The lowest BCUT2D eigenvalue weighted by Crippen LogP contribution is -2.32. The summed E-state index contributed by atoms with van der Waals surface area (Å²) in [4.78, 5) is 29.4. The third-order valence-electron chi connectivity index (χ3n) is 4.62. The Morgan fingerprint density at radius 3 is 2.76 bits per heavy atom. The minimum absolute atomic E-state index is 0.0346. The normalized spacial score (nSPS) is 18.0. The molecule has 7 heteroatoms. The van der Waals surface area contributed by atoms with E-state index in [0.29, 0.717) is 17.5 Å². The van der Waals surface area contributed by atoms with Crippen molar-refractivity contribution in [2.45, 2.75) is 32.6 Å². The highest BCUT2D eigenvalue weighted by molar-refractivity contribution is 5.92. The van der Waals surface area contributed by atoms with E-state index in [2.05, 4.69) is 15.0 Å². The van der Waals surface area contributed by atoms with Gasteiger partial charge in [-0.25, -0.2) is 9.97 Å². The molecule has 7 nitrogen and oxygen atoms in total. The molecular weight excluding hydrogens is 318 g/mol. The quantitative estimate of drug-likeness (QED) is 0.848. The largest absolute Gasteiger partial charge is 0.448 e. The fourth-order valence-electron chi connectivity index (χ4n) is 3.18. The first-order chi connectivity index (χ1) is 12.0. The average Bonchev–Trinajstić information content (AvgIpc) is 2.90. The number of hydrogen-bond donors (Lipinski definition) is 0. The maximum Gasteiger partial charge on any atom is 0.275 e. The minimum atomic E-state index is -0.0346. The van der Waals surface area contributed by atoms with Crippen molar-refractivity contribution < 1.29 is 9.21 Å². The van der Waals surface area contributed by atoms with Crippen LogP contribution in [0.15, 0.2) is 23.1 Å². The van der Waals surface area contributed by atoms with Crippen LogP contribution < -0.4 is 4.90 Å². The predicted molar refractivity (Wildman–Crippen MR) is 94.5 cm³/mol. The van der Waals surface area contributed by atoms with Gasteiger partial charge in [-0.1, -0.05) is 0 Å². The third-order valence-corrected chi connectivity index (χ3v) is 4.62. The summed E-state index contributed by atoms with van der Waals surface area (Å²) in [5.74, 6) is 1.88. The lowest BCUT2D eigenvalue weighted by atomic mass is 9.95. The standard InChI is InChI=1S/C18H25N5O2/c1-13-21-16(12-25-13)18(24)23-7-4-5-14(6-8-23)9-15-10-20-17(11-19-15)22(2)3/h10-12,14H,4-9H2,1-3H3. The first kappa shape index (κ1) is 17.4. The van der Waals surface area contributed by atoms with Crippen molar-refractivity contribution in [3.8, 4) is 0 Å². The second kappa shape index (κ2) is 7.63. The maximum atomic E-state index is 12.5. The number of likely N-dealkylation sites (tertiary alicyclic amines) is 1. The summed E-state index contributed by atoms with van der Waals surface area (Å²) in [7, 11) is 3.91. The van der Waals surface area contributed by atoms with Crippen LogP contribution in [0.25, 0.3) is 0 Å². The van der Waals surface area contributed by atoms with Gasteiger partial charge in [-0.15, -0.1) is 0 Å². The first-order valence-corrected chi connectivity index (χ1v) is 8.72. The van der Waals surface area contributed by atoms with Crippen LogP contribution in [-0.4, -0.2) is 52.9 Å². The van der Waals surface area contributed by atoms with Crippen molar-refractivity contribution in [1.29, 1.82) is 0 Å². The number of aromatic nitrogens is 3. The number of nitrogens with zero attached hydrogens (tertiary/aromatic N) is 5. The van der Waals surface area contributed by atoms with Crippen molar-refractivity contribution >= 4 is 11.7 Å². The van der Waals surface area contributed by atoms with E-state index < -0.39 is 0 Å². The highest BCUT2D eigenvalue weighted by atomic mass is 16.3. The van der Waals surface area contributed by atoms with Crippen LogP contribution in [0.3, 0.4) is 0 Å². The van der Waals surface area contributed by atoms with E-state index in [-0.39, 0.29) is 5.91 Å². The molecule has 2 aromatic heterocycles. The second-order valence-electron chi connectivity index (χ2n) is 6.81. The lowest BCUT2D eigenvalue weighted by molar-refractivity contribution is 0.0754. The molecule has 1 fully saturated rings. The van der Waals surface area contributed by atoms with Gasteiger partial charge in [-0.05, 0) is 31.6 Å². The molecule has 0 aliphatic carbocycles. The van der Waals surface area contributed by atoms with Crippen molar-refractivity contribution in [3.05, 3.63) is 35.9 Å². The van der Waals surface area contributed by atoms with Gasteiger partial charge in [0, 0.05) is 34.1 Å². The van der Waals surface area contributed by atoms with E-state index in [1.54, 1.807) is 6.92 Å². The molecule has 1 saturated heterocycles. The summed E-state index contributed by atoms with van der Waals surface area (Å²) >= 11 is 0. The van der Waals surface area contributed by atoms with Crippen molar-refractivity contribution in [3.63, 3.8) is 0 Å². The number of carbonyl (C=O) groups is 1. The van der Waals surface area contributed by atoms with E-state index in [4.69, 9.17) is 4.42 Å². The van der Waals surface area contributed by atoms with Gasteiger partial charge >= 0.3 is 0 Å². The number of anilines is 1. The molecule has 0 spiro atoms. The lowest BCUT2D eigenvalue weighted by Gasteiger charge is -2.19. The molecule has 25 heavy (non-hydrogen) atoms. The number of hydrogen-bond acceptors (Lipinski definition) is 6. The van der Waals surface area contributed by atoms with E-state index >= 15 is 0 Å². The Morgan fingerprint density at radius 2 is 2.12 bits per heavy atom. The van der Waals surface area contributed by atoms with Crippen LogP contribution >= 0.6 is 0 Å². The summed E-state index contributed by atoms with van der Waals surface area (Å²) in [6.45, 7) is 3.27. The molecule has 3 heterocycles. The topological polar surface area (TPSA) is 75.4 Å². The second-order valence-corrected chi connectivity index (χ2v) is 6.81. The molecule has 1 atom stereocenters. The summed E-state index contributed by atoms with van der Waals surface area (Å²) in [6.07, 6.45) is 9.10. The van der Waals surface area contributed by atoms with Crippen LogP contribution in [0.1, 0.15) is 41.3 Å². The molecule has 3 rings (SSSR count). The van der Waals surface area contributed by atoms with Crippen LogP contribution in [0.4, 0.5) is 5.82 Å². The van der Waals surface area contributed by atoms with E-state index in [0.717, 1.165) is 50.3 Å². The van der Waals surface area contributed by atoms with Crippen molar-refractivity contribution in [1.82, 2.24) is 19.9 Å². The number of oxazole rings is 1. The van der Waals surface area contributed by atoms with Gasteiger partial charge in [0.2, 0.25) is 0 Å². The van der Waals surface area contributed by atoms with E-state index in [9.17, 15) is 4.79 Å². The molecule has 0 bridgehead atoms. The SMILES string of the molecule is Cc1nc(C(=O)N2CCCC(Cc3cnc(N(C)C)cn3)CC2)co1. The summed E-state index contributed by atoms with van der Waals surface area (Å²) in [5.41, 5.74) is 1.42. The van der Waals surface area contributed by atoms with Gasteiger partial charge in [0.1, 0.15) is 12.1 Å².